The minimum atomic E-state index is -0.989. The molecule has 1 fully saturated rings. The molecule has 0 aromatic carbocycles. The van der Waals surface area contributed by atoms with E-state index in [0.717, 1.165) is 12.2 Å². The summed E-state index contributed by atoms with van der Waals surface area (Å²) in [5.74, 6) is -0.988. The van der Waals surface area contributed by atoms with Gasteiger partial charge in [-0.25, -0.2) is 4.79 Å². The third kappa shape index (κ3) is 2.73. The average molecular weight is 263 g/mol. The number of aromatic carboxylic acids is 1. The SMILES string of the molecule is CC1(C)C(=O)NCCN1Cc1ccc(C(=O)O)cn1. The van der Waals surface area contributed by atoms with Crippen LogP contribution in [-0.4, -0.2) is 45.5 Å². The molecule has 1 aliphatic heterocycles. The lowest BCUT2D eigenvalue weighted by molar-refractivity contribution is -0.135. The van der Waals surface area contributed by atoms with Gasteiger partial charge in [0.05, 0.1) is 16.8 Å². The minimum absolute atomic E-state index is 0.000839. The second-order valence-corrected chi connectivity index (χ2v) is 5.08. The molecule has 6 nitrogen and oxygen atoms in total. The zero-order chi connectivity index (χ0) is 14.0. The van der Waals surface area contributed by atoms with Crippen molar-refractivity contribution in [3.8, 4) is 0 Å². The minimum Gasteiger partial charge on any atom is -0.478 e. The van der Waals surface area contributed by atoms with Gasteiger partial charge < -0.3 is 10.4 Å². The van der Waals surface area contributed by atoms with E-state index in [4.69, 9.17) is 5.11 Å². The van der Waals surface area contributed by atoms with Gasteiger partial charge in [0.2, 0.25) is 5.91 Å². The first-order valence-corrected chi connectivity index (χ1v) is 6.13. The van der Waals surface area contributed by atoms with Gasteiger partial charge in [0.15, 0.2) is 0 Å². The van der Waals surface area contributed by atoms with Crippen molar-refractivity contribution in [1.82, 2.24) is 15.2 Å². The molecule has 0 radical (unpaired) electrons. The summed E-state index contributed by atoms with van der Waals surface area (Å²) < 4.78 is 0. The molecule has 6 heteroatoms. The zero-order valence-electron chi connectivity index (χ0n) is 11.0. The molecule has 2 heterocycles. The number of hydrogen-bond donors (Lipinski definition) is 2. The first kappa shape index (κ1) is 13.5. The van der Waals surface area contributed by atoms with E-state index in [1.54, 1.807) is 6.07 Å². The quantitative estimate of drug-likeness (QED) is 0.829. The number of nitrogens with zero attached hydrogens (tertiary/aromatic N) is 2. The summed E-state index contributed by atoms with van der Waals surface area (Å²) in [5.41, 5.74) is 0.345. The Morgan fingerprint density at radius 3 is 2.84 bits per heavy atom. The highest BCUT2D eigenvalue weighted by Crippen LogP contribution is 2.19. The van der Waals surface area contributed by atoms with Crippen LogP contribution in [0.3, 0.4) is 0 Å². The molecule has 0 bridgehead atoms. The van der Waals surface area contributed by atoms with Gasteiger partial charge in [0, 0.05) is 25.8 Å². The fraction of sp³-hybridized carbons (Fsp3) is 0.462. The second-order valence-electron chi connectivity index (χ2n) is 5.08. The molecule has 19 heavy (non-hydrogen) atoms. The highest BCUT2D eigenvalue weighted by molar-refractivity contribution is 5.87. The third-order valence-corrected chi connectivity index (χ3v) is 3.44. The Hall–Kier alpha value is -1.95. The molecule has 1 aromatic rings. The van der Waals surface area contributed by atoms with Gasteiger partial charge in [0.1, 0.15) is 0 Å². The van der Waals surface area contributed by atoms with Crippen LogP contribution in [0.15, 0.2) is 18.3 Å². The van der Waals surface area contributed by atoms with Crippen molar-refractivity contribution in [2.75, 3.05) is 13.1 Å². The topological polar surface area (TPSA) is 82.5 Å². The molecule has 1 aliphatic rings. The van der Waals surface area contributed by atoms with E-state index in [1.807, 2.05) is 18.7 Å². The predicted octanol–water partition coefficient (Wildman–Crippen LogP) is 0.490. The fourth-order valence-corrected chi connectivity index (χ4v) is 2.06. The number of piperazine rings is 1. The van der Waals surface area contributed by atoms with Crippen LogP contribution in [0.5, 0.6) is 0 Å². The standard InChI is InChI=1S/C13H17N3O3/c1-13(2)12(19)14-5-6-16(13)8-10-4-3-9(7-15-10)11(17)18/h3-4,7H,5-6,8H2,1-2H3,(H,14,19)(H,17,18). The van der Waals surface area contributed by atoms with E-state index in [1.165, 1.54) is 12.3 Å². The first-order chi connectivity index (χ1) is 8.91. The Morgan fingerprint density at radius 1 is 1.53 bits per heavy atom. The first-order valence-electron chi connectivity index (χ1n) is 6.13. The Balaban J connectivity index is 2.12. The predicted molar refractivity (Wildman–Crippen MR) is 68.7 cm³/mol. The zero-order valence-corrected chi connectivity index (χ0v) is 11.0. The maximum atomic E-state index is 11.8. The highest BCUT2D eigenvalue weighted by atomic mass is 16.4. The summed E-state index contributed by atoms with van der Waals surface area (Å²) in [7, 11) is 0. The highest BCUT2D eigenvalue weighted by Gasteiger charge is 2.37. The number of carbonyl (C=O) groups is 2. The van der Waals surface area contributed by atoms with Gasteiger partial charge in [-0.1, -0.05) is 0 Å². The Morgan fingerprint density at radius 2 is 2.26 bits per heavy atom. The number of carboxylic acid groups (broad SMARTS) is 1. The Labute approximate surface area is 111 Å². The van der Waals surface area contributed by atoms with Crippen molar-refractivity contribution in [3.05, 3.63) is 29.6 Å². The molecular formula is C13H17N3O3. The number of rotatable bonds is 3. The average Bonchev–Trinajstić information content (AvgIpc) is 2.36. The summed E-state index contributed by atoms with van der Waals surface area (Å²) in [6.07, 6.45) is 1.34. The summed E-state index contributed by atoms with van der Waals surface area (Å²) in [6, 6.07) is 3.22. The van der Waals surface area contributed by atoms with Gasteiger partial charge in [-0.3, -0.25) is 14.7 Å². The number of pyridine rings is 1. The lowest BCUT2D eigenvalue weighted by Crippen LogP contribution is -2.61. The van der Waals surface area contributed by atoms with Crippen LogP contribution in [0.25, 0.3) is 0 Å². The number of nitrogens with one attached hydrogen (secondary N) is 1. The molecule has 2 N–H and O–H groups in total. The van der Waals surface area contributed by atoms with Gasteiger partial charge in [-0.05, 0) is 26.0 Å². The number of carboxylic acids is 1. The third-order valence-electron chi connectivity index (χ3n) is 3.44. The maximum Gasteiger partial charge on any atom is 0.337 e. The van der Waals surface area contributed by atoms with Crippen LogP contribution in [0.1, 0.15) is 29.9 Å². The molecule has 1 amide bonds. The molecule has 102 valence electrons. The van der Waals surface area contributed by atoms with Crippen molar-refractivity contribution in [1.29, 1.82) is 0 Å². The van der Waals surface area contributed by atoms with E-state index in [2.05, 4.69) is 10.3 Å². The van der Waals surface area contributed by atoms with E-state index in [9.17, 15) is 9.59 Å². The van der Waals surface area contributed by atoms with Crippen LogP contribution in [0, 0.1) is 0 Å². The molecular weight excluding hydrogens is 246 g/mol. The lowest BCUT2D eigenvalue weighted by Gasteiger charge is -2.40. The van der Waals surface area contributed by atoms with Gasteiger partial charge >= 0.3 is 5.97 Å². The number of carbonyl (C=O) groups excluding carboxylic acids is 1. The normalized spacial score (nSPS) is 18.9. The molecule has 1 aromatic heterocycles. The van der Waals surface area contributed by atoms with E-state index < -0.39 is 11.5 Å². The van der Waals surface area contributed by atoms with Crippen molar-refractivity contribution in [2.45, 2.75) is 25.9 Å². The van der Waals surface area contributed by atoms with Crippen molar-refractivity contribution in [3.63, 3.8) is 0 Å². The number of hydrogen-bond acceptors (Lipinski definition) is 4. The fourth-order valence-electron chi connectivity index (χ4n) is 2.06. The molecule has 0 unspecified atom stereocenters. The summed E-state index contributed by atoms with van der Waals surface area (Å²) in [4.78, 5) is 28.7. The molecule has 0 saturated carbocycles. The van der Waals surface area contributed by atoms with Crippen LogP contribution < -0.4 is 5.32 Å². The number of amides is 1. The van der Waals surface area contributed by atoms with Crippen LogP contribution >= 0.6 is 0 Å². The smallest absolute Gasteiger partial charge is 0.337 e. The maximum absolute atomic E-state index is 11.8. The Kier molecular flexibility index (Phi) is 3.53. The van der Waals surface area contributed by atoms with Gasteiger partial charge in [0.25, 0.3) is 0 Å². The monoisotopic (exact) mass is 263 g/mol. The van der Waals surface area contributed by atoms with E-state index >= 15 is 0 Å². The largest absolute Gasteiger partial charge is 0.478 e. The van der Waals surface area contributed by atoms with Crippen molar-refractivity contribution < 1.29 is 14.7 Å². The summed E-state index contributed by atoms with van der Waals surface area (Å²) in [6.45, 7) is 5.64. The molecule has 0 aliphatic carbocycles. The Bertz CT molecular complexity index is 496. The van der Waals surface area contributed by atoms with E-state index in [-0.39, 0.29) is 11.5 Å². The van der Waals surface area contributed by atoms with Crippen LogP contribution in [0.2, 0.25) is 0 Å². The summed E-state index contributed by atoms with van der Waals surface area (Å²) >= 11 is 0. The van der Waals surface area contributed by atoms with Crippen molar-refractivity contribution >= 4 is 11.9 Å². The number of aromatic nitrogens is 1. The van der Waals surface area contributed by atoms with Crippen LogP contribution in [0.4, 0.5) is 0 Å². The molecule has 2 rings (SSSR count). The lowest BCUT2D eigenvalue weighted by atomic mass is 9.98. The van der Waals surface area contributed by atoms with Crippen LogP contribution in [-0.2, 0) is 11.3 Å². The summed E-state index contributed by atoms with van der Waals surface area (Å²) in [5, 5.41) is 11.6. The van der Waals surface area contributed by atoms with Gasteiger partial charge in [-0.2, -0.15) is 0 Å². The second kappa shape index (κ2) is 4.97. The molecule has 0 atom stereocenters. The molecule has 0 spiro atoms. The van der Waals surface area contributed by atoms with Gasteiger partial charge in [-0.15, -0.1) is 0 Å². The van der Waals surface area contributed by atoms with E-state index in [0.29, 0.717) is 13.1 Å². The molecule has 1 saturated heterocycles. The van der Waals surface area contributed by atoms with Crippen molar-refractivity contribution in [2.24, 2.45) is 0 Å².